The molecule has 3 aliphatic carbocycles. The molecule has 0 radical (unpaired) electrons. The van der Waals surface area contributed by atoms with Crippen molar-refractivity contribution in [1.29, 1.82) is 0 Å². The van der Waals surface area contributed by atoms with Crippen LogP contribution in [0.4, 0.5) is 0 Å². The van der Waals surface area contributed by atoms with E-state index in [0.717, 1.165) is 5.92 Å². The molecule has 4 fully saturated rings. The summed E-state index contributed by atoms with van der Waals surface area (Å²) < 4.78 is 6.24. The van der Waals surface area contributed by atoms with E-state index < -0.39 is 0 Å². The maximum Gasteiger partial charge on any atom is 0.102 e. The highest BCUT2D eigenvalue weighted by Gasteiger charge is 2.77. The van der Waals surface area contributed by atoms with Gasteiger partial charge < -0.3 is 10.5 Å². The van der Waals surface area contributed by atoms with Crippen molar-refractivity contribution < 1.29 is 4.74 Å². The van der Waals surface area contributed by atoms with Gasteiger partial charge in [0.1, 0.15) is 5.60 Å². The summed E-state index contributed by atoms with van der Waals surface area (Å²) in [4.78, 5) is 0. The highest BCUT2D eigenvalue weighted by atomic mass is 16.6. The van der Waals surface area contributed by atoms with Gasteiger partial charge in [-0.1, -0.05) is 12.8 Å². The van der Waals surface area contributed by atoms with E-state index >= 15 is 0 Å². The lowest BCUT2D eigenvalue weighted by molar-refractivity contribution is 0.178. The first-order chi connectivity index (χ1) is 6.78. The van der Waals surface area contributed by atoms with Crippen molar-refractivity contribution >= 4 is 0 Å². The predicted molar refractivity (Wildman–Crippen MR) is 53.8 cm³/mol. The van der Waals surface area contributed by atoms with Gasteiger partial charge in [-0.05, 0) is 38.0 Å². The molecule has 4 aliphatic rings. The van der Waals surface area contributed by atoms with E-state index in [1.54, 1.807) is 0 Å². The SMILES string of the molecule is NC1C2CCC1C13CCCCC1(C2)O3. The van der Waals surface area contributed by atoms with E-state index in [0.29, 0.717) is 17.6 Å². The van der Waals surface area contributed by atoms with Crippen LogP contribution in [0.2, 0.25) is 0 Å². The standard InChI is InChI=1S/C12H19NO/c13-10-8-3-4-9(10)12-6-2-1-5-11(12,7-8)14-12/h8-10H,1-7,13H2. The third-order valence-electron chi connectivity index (χ3n) is 5.53. The Labute approximate surface area is 85.2 Å². The molecule has 1 heterocycles. The molecule has 0 amide bonds. The third-order valence-corrected chi connectivity index (χ3v) is 5.53. The van der Waals surface area contributed by atoms with Crippen molar-refractivity contribution in [2.75, 3.05) is 0 Å². The van der Waals surface area contributed by atoms with Gasteiger partial charge in [0.15, 0.2) is 0 Å². The molecule has 3 saturated carbocycles. The van der Waals surface area contributed by atoms with E-state index in [2.05, 4.69) is 0 Å². The number of hydrogen-bond donors (Lipinski definition) is 1. The molecule has 1 aliphatic heterocycles. The first-order valence-electron chi connectivity index (χ1n) is 6.23. The zero-order valence-corrected chi connectivity index (χ0v) is 8.67. The maximum atomic E-state index is 6.32. The van der Waals surface area contributed by atoms with Crippen LogP contribution in [0.3, 0.4) is 0 Å². The van der Waals surface area contributed by atoms with E-state index in [-0.39, 0.29) is 5.60 Å². The van der Waals surface area contributed by atoms with Gasteiger partial charge in [0.05, 0.1) is 5.60 Å². The molecule has 5 unspecified atom stereocenters. The Bertz CT molecular complexity index is 292. The van der Waals surface area contributed by atoms with Crippen LogP contribution in [0.5, 0.6) is 0 Å². The van der Waals surface area contributed by atoms with E-state index in [1.165, 1.54) is 44.9 Å². The van der Waals surface area contributed by atoms with Crippen LogP contribution in [0.25, 0.3) is 0 Å². The Morgan fingerprint density at radius 3 is 2.93 bits per heavy atom. The predicted octanol–water partition coefficient (Wildman–Crippen LogP) is 1.83. The van der Waals surface area contributed by atoms with Crippen LogP contribution in [-0.4, -0.2) is 17.2 Å². The van der Waals surface area contributed by atoms with Crippen molar-refractivity contribution in [2.45, 2.75) is 62.2 Å². The number of hydrogen-bond acceptors (Lipinski definition) is 2. The van der Waals surface area contributed by atoms with Crippen molar-refractivity contribution in [3.63, 3.8) is 0 Å². The fraction of sp³-hybridized carbons (Fsp3) is 1.00. The normalized spacial score (nSPS) is 64.5. The molecule has 0 aromatic heterocycles. The van der Waals surface area contributed by atoms with E-state index in [1.807, 2.05) is 0 Å². The first-order valence-corrected chi connectivity index (χ1v) is 6.23. The minimum absolute atomic E-state index is 0.275. The molecule has 2 nitrogen and oxygen atoms in total. The Morgan fingerprint density at radius 2 is 2.00 bits per heavy atom. The Morgan fingerprint density at radius 1 is 1.14 bits per heavy atom. The number of epoxide rings is 1. The summed E-state index contributed by atoms with van der Waals surface area (Å²) in [5.41, 5.74) is 6.92. The number of nitrogens with two attached hydrogens (primary N) is 1. The molecule has 2 bridgehead atoms. The van der Waals surface area contributed by atoms with Crippen LogP contribution >= 0.6 is 0 Å². The molecule has 2 N–H and O–H groups in total. The minimum Gasteiger partial charge on any atom is -0.362 e. The second-order valence-electron chi connectivity index (χ2n) is 5.92. The average molecular weight is 193 g/mol. The number of ether oxygens (including phenoxy) is 1. The summed E-state index contributed by atoms with van der Waals surface area (Å²) in [5.74, 6) is 1.50. The third kappa shape index (κ3) is 0.674. The zero-order chi connectivity index (χ0) is 9.39. The Balaban J connectivity index is 1.77. The fourth-order valence-electron chi connectivity index (χ4n) is 4.89. The Hall–Kier alpha value is -0.0800. The fourth-order valence-corrected chi connectivity index (χ4v) is 4.89. The van der Waals surface area contributed by atoms with Crippen molar-refractivity contribution in [1.82, 2.24) is 0 Å². The average Bonchev–Trinajstić information content (AvgIpc) is 2.76. The van der Waals surface area contributed by atoms with Crippen LogP contribution in [-0.2, 0) is 4.74 Å². The summed E-state index contributed by atoms with van der Waals surface area (Å²) >= 11 is 0. The molecule has 0 aromatic rings. The summed E-state index contributed by atoms with van der Waals surface area (Å²) in [6.45, 7) is 0. The van der Waals surface area contributed by atoms with Gasteiger partial charge in [-0.25, -0.2) is 0 Å². The minimum atomic E-state index is 0.275. The molecule has 78 valence electrons. The summed E-state index contributed by atoms with van der Waals surface area (Å²) in [6, 6.07) is 0.462. The highest BCUT2D eigenvalue weighted by Crippen LogP contribution is 2.70. The van der Waals surface area contributed by atoms with Crippen molar-refractivity contribution in [3.8, 4) is 0 Å². The topological polar surface area (TPSA) is 38.5 Å². The van der Waals surface area contributed by atoms with Gasteiger partial charge in [0.2, 0.25) is 0 Å². The van der Waals surface area contributed by atoms with Gasteiger partial charge in [-0.2, -0.15) is 0 Å². The van der Waals surface area contributed by atoms with Gasteiger partial charge >= 0.3 is 0 Å². The van der Waals surface area contributed by atoms with Crippen LogP contribution in [0.15, 0.2) is 0 Å². The summed E-state index contributed by atoms with van der Waals surface area (Å²) in [5, 5.41) is 0. The van der Waals surface area contributed by atoms with Gasteiger partial charge in [0.25, 0.3) is 0 Å². The quantitative estimate of drug-likeness (QED) is 0.596. The van der Waals surface area contributed by atoms with Crippen molar-refractivity contribution in [3.05, 3.63) is 0 Å². The number of rotatable bonds is 0. The first kappa shape index (κ1) is 8.12. The van der Waals surface area contributed by atoms with Crippen LogP contribution in [0.1, 0.15) is 44.9 Å². The smallest absolute Gasteiger partial charge is 0.102 e. The zero-order valence-electron chi connectivity index (χ0n) is 8.67. The monoisotopic (exact) mass is 193 g/mol. The second kappa shape index (κ2) is 2.19. The molecule has 5 atom stereocenters. The Kier molecular flexibility index (Phi) is 1.27. The molecule has 0 spiro atoms. The van der Waals surface area contributed by atoms with Gasteiger partial charge in [0, 0.05) is 12.0 Å². The van der Waals surface area contributed by atoms with E-state index in [9.17, 15) is 0 Å². The molecule has 1 saturated heterocycles. The lowest BCUT2D eigenvalue weighted by Crippen LogP contribution is -2.50. The molecule has 4 rings (SSSR count). The lowest BCUT2D eigenvalue weighted by atomic mass is 9.64. The van der Waals surface area contributed by atoms with Crippen LogP contribution in [0, 0.1) is 11.8 Å². The van der Waals surface area contributed by atoms with Crippen molar-refractivity contribution in [2.24, 2.45) is 17.6 Å². The van der Waals surface area contributed by atoms with Gasteiger partial charge in [-0.3, -0.25) is 0 Å². The second-order valence-corrected chi connectivity index (χ2v) is 5.92. The molecular formula is C12H19NO. The molecule has 14 heavy (non-hydrogen) atoms. The molecule has 0 aromatic carbocycles. The largest absolute Gasteiger partial charge is 0.362 e. The maximum absolute atomic E-state index is 6.32. The summed E-state index contributed by atoms with van der Waals surface area (Å²) in [7, 11) is 0. The van der Waals surface area contributed by atoms with Crippen LogP contribution < -0.4 is 5.73 Å². The van der Waals surface area contributed by atoms with Gasteiger partial charge in [-0.15, -0.1) is 0 Å². The van der Waals surface area contributed by atoms with E-state index in [4.69, 9.17) is 10.5 Å². The highest BCUT2D eigenvalue weighted by molar-refractivity contribution is 5.27. The number of fused-ring (bicyclic) bond motifs is 2. The summed E-state index contributed by atoms with van der Waals surface area (Å²) in [6.07, 6.45) is 9.38. The molecular weight excluding hydrogens is 174 g/mol. The molecule has 2 heteroatoms. The lowest BCUT2D eigenvalue weighted by Gasteiger charge is -2.38.